The molecule has 0 radical (unpaired) electrons. The van der Waals surface area contributed by atoms with E-state index in [9.17, 15) is 0 Å². The average Bonchev–Trinajstić information content (AvgIpc) is 2.30. The molecule has 1 aliphatic heterocycles. The summed E-state index contributed by atoms with van der Waals surface area (Å²) >= 11 is 0. The molecule has 1 fully saturated rings. The first-order valence-corrected chi connectivity index (χ1v) is 5.91. The number of nitrogens with one attached hydrogen (secondary N) is 1. The second-order valence-electron chi connectivity index (χ2n) is 4.45. The van der Waals surface area contributed by atoms with Crippen LogP contribution in [0, 0.1) is 5.41 Å². The molecule has 2 rings (SSSR count). The van der Waals surface area contributed by atoms with Crippen LogP contribution in [0.2, 0.25) is 0 Å². The Morgan fingerprint density at radius 1 is 1.17 bits per heavy atom. The number of benzene rings is 1. The van der Waals surface area contributed by atoms with Crippen LogP contribution in [-0.2, 0) is 6.54 Å². The zero-order valence-corrected chi connectivity index (χ0v) is 12.0. The Morgan fingerprint density at radius 2 is 1.83 bits per heavy atom. The Bertz CT molecular complexity index is 376. The predicted molar refractivity (Wildman–Crippen MR) is 81.1 cm³/mol. The van der Waals surface area contributed by atoms with E-state index in [2.05, 4.69) is 11.0 Å². The molecule has 0 saturated carbocycles. The summed E-state index contributed by atoms with van der Waals surface area (Å²) in [5.41, 5.74) is 7.57. The molecule has 0 atom stereocenters. The molecule has 0 spiro atoms. The number of nitrogens with zero attached hydrogens (tertiary/aromatic N) is 1. The number of amidine groups is 1. The minimum atomic E-state index is 0. The molecular formula is C13H21Cl2N3. The van der Waals surface area contributed by atoms with Crippen molar-refractivity contribution in [1.82, 2.24) is 4.90 Å². The third-order valence-corrected chi connectivity index (χ3v) is 3.09. The highest BCUT2D eigenvalue weighted by Gasteiger charge is 2.10. The lowest BCUT2D eigenvalue weighted by molar-refractivity contribution is 0.221. The van der Waals surface area contributed by atoms with Gasteiger partial charge in [0.15, 0.2) is 0 Å². The third kappa shape index (κ3) is 4.84. The molecule has 3 nitrogen and oxygen atoms in total. The summed E-state index contributed by atoms with van der Waals surface area (Å²) in [6.07, 6.45) is 3.99. The van der Waals surface area contributed by atoms with Crippen LogP contribution >= 0.6 is 24.8 Å². The lowest BCUT2D eigenvalue weighted by atomic mass is 10.1. The summed E-state index contributed by atoms with van der Waals surface area (Å²) in [5, 5.41) is 7.42. The van der Waals surface area contributed by atoms with E-state index in [-0.39, 0.29) is 30.6 Å². The summed E-state index contributed by atoms with van der Waals surface area (Å²) in [6, 6.07) is 8.01. The van der Waals surface area contributed by atoms with E-state index in [0.29, 0.717) is 0 Å². The third-order valence-electron chi connectivity index (χ3n) is 3.09. The summed E-state index contributed by atoms with van der Waals surface area (Å²) in [6.45, 7) is 3.38. The van der Waals surface area contributed by atoms with E-state index < -0.39 is 0 Å². The van der Waals surface area contributed by atoms with Crippen LogP contribution < -0.4 is 5.73 Å². The van der Waals surface area contributed by atoms with E-state index in [1.807, 2.05) is 18.2 Å². The average molecular weight is 290 g/mol. The van der Waals surface area contributed by atoms with Crippen molar-refractivity contribution in [3.8, 4) is 0 Å². The van der Waals surface area contributed by atoms with Gasteiger partial charge in [0.05, 0.1) is 0 Å². The van der Waals surface area contributed by atoms with Crippen molar-refractivity contribution in [1.29, 1.82) is 5.41 Å². The quantitative estimate of drug-likeness (QED) is 0.664. The number of nitrogen functional groups attached to an aromatic ring is 1. The molecule has 1 aliphatic rings. The van der Waals surface area contributed by atoms with Gasteiger partial charge in [-0.1, -0.05) is 24.6 Å². The van der Waals surface area contributed by atoms with Crippen molar-refractivity contribution in [2.24, 2.45) is 5.73 Å². The highest BCUT2D eigenvalue weighted by Crippen LogP contribution is 2.13. The van der Waals surface area contributed by atoms with Crippen molar-refractivity contribution in [2.75, 3.05) is 13.1 Å². The highest BCUT2D eigenvalue weighted by atomic mass is 35.5. The standard InChI is InChI=1S/C13H19N3.2ClH/c14-13(15)12-6-4-5-11(9-12)10-16-7-2-1-3-8-16;;/h4-6,9H,1-3,7-8,10H2,(H3,14,15);2*1H. The Morgan fingerprint density at radius 3 is 2.44 bits per heavy atom. The Balaban J connectivity index is 0.00000144. The maximum Gasteiger partial charge on any atom is 0.122 e. The predicted octanol–water partition coefficient (Wildman–Crippen LogP) is 2.80. The molecule has 1 aromatic carbocycles. The molecule has 0 aromatic heterocycles. The SMILES string of the molecule is Cl.Cl.N=C(N)c1cccc(CN2CCCCC2)c1. The van der Waals surface area contributed by atoms with Crippen molar-refractivity contribution >= 4 is 30.6 Å². The fourth-order valence-electron chi connectivity index (χ4n) is 2.21. The number of likely N-dealkylation sites (tertiary alicyclic amines) is 1. The van der Waals surface area contributed by atoms with Crippen LogP contribution in [0.3, 0.4) is 0 Å². The lowest BCUT2D eigenvalue weighted by Crippen LogP contribution is -2.29. The highest BCUT2D eigenvalue weighted by molar-refractivity contribution is 5.95. The van der Waals surface area contributed by atoms with Gasteiger partial charge in [0.2, 0.25) is 0 Å². The number of nitrogens with two attached hydrogens (primary N) is 1. The summed E-state index contributed by atoms with van der Waals surface area (Å²) in [4.78, 5) is 2.47. The van der Waals surface area contributed by atoms with Crippen LogP contribution in [-0.4, -0.2) is 23.8 Å². The van der Waals surface area contributed by atoms with Gasteiger partial charge in [-0.25, -0.2) is 0 Å². The molecule has 0 bridgehead atoms. The van der Waals surface area contributed by atoms with Crippen molar-refractivity contribution < 1.29 is 0 Å². The van der Waals surface area contributed by atoms with Crippen molar-refractivity contribution in [2.45, 2.75) is 25.8 Å². The molecule has 1 heterocycles. The van der Waals surface area contributed by atoms with Crippen molar-refractivity contribution in [3.05, 3.63) is 35.4 Å². The summed E-state index contributed by atoms with van der Waals surface area (Å²) in [5.74, 6) is 0.153. The van der Waals surface area contributed by atoms with Crippen LogP contribution in [0.4, 0.5) is 0 Å². The van der Waals surface area contributed by atoms with Gasteiger partial charge in [0.25, 0.3) is 0 Å². The molecule has 5 heteroatoms. The van der Waals surface area contributed by atoms with Gasteiger partial charge in [-0.05, 0) is 37.6 Å². The molecule has 0 unspecified atom stereocenters. The van der Waals surface area contributed by atoms with Gasteiger partial charge < -0.3 is 5.73 Å². The lowest BCUT2D eigenvalue weighted by Gasteiger charge is -2.26. The van der Waals surface area contributed by atoms with E-state index in [0.717, 1.165) is 12.1 Å². The van der Waals surface area contributed by atoms with E-state index in [1.54, 1.807) is 0 Å². The molecule has 1 aromatic rings. The van der Waals surface area contributed by atoms with Crippen LogP contribution in [0.5, 0.6) is 0 Å². The second kappa shape index (κ2) is 8.35. The first-order valence-electron chi connectivity index (χ1n) is 5.91. The van der Waals surface area contributed by atoms with Gasteiger partial charge >= 0.3 is 0 Å². The van der Waals surface area contributed by atoms with Gasteiger partial charge in [-0.2, -0.15) is 0 Å². The molecule has 0 amide bonds. The summed E-state index contributed by atoms with van der Waals surface area (Å²) in [7, 11) is 0. The molecular weight excluding hydrogens is 269 g/mol. The minimum absolute atomic E-state index is 0. The van der Waals surface area contributed by atoms with E-state index in [1.165, 1.54) is 37.9 Å². The van der Waals surface area contributed by atoms with Crippen LogP contribution in [0.1, 0.15) is 30.4 Å². The van der Waals surface area contributed by atoms with Gasteiger partial charge in [-0.3, -0.25) is 10.3 Å². The largest absolute Gasteiger partial charge is 0.384 e. The number of hydrogen-bond acceptors (Lipinski definition) is 2. The molecule has 102 valence electrons. The molecule has 18 heavy (non-hydrogen) atoms. The Kier molecular flexibility index (Phi) is 8.00. The normalized spacial score (nSPS) is 15.3. The first-order chi connectivity index (χ1) is 7.75. The first kappa shape index (κ1) is 17.2. The van der Waals surface area contributed by atoms with Crippen LogP contribution in [0.15, 0.2) is 24.3 Å². The maximum absolute atomic E-state index is 7.42. The zero-order chi connectivity index (χ0) is 11.4. The topological polar surface area (TPSA) is 53.1 Å². The molecule has 3 N–H and O–H groups in total. The number of rotatable bonds is 3. The molecule has 0 aliphatic carbocycles. The fraction of sp³-hybridized carbons (Fsp3) is 0.462. The van der Waals surface area contributed by atoms with Crippen molar-refractivity contribution in [3.63, 3.8) is 0 Å². The number of hydrogen-bond donors (Lipinski definition) is 2. The second-order valence-corrected chi connectivity index (χ2v) is 4.45. The number of piperidine rings is 1. The van der Waals surface area contributed by atoms with Crippen LogP contribution in [0.25, 0.3) is 0 Å². The van der Waals surface area contributed by atoms with E-state index in [4.69, 9.17) is 11.1 Å². The van der Waals surface area contributed by atoms with Gasteiger partial charge in [0, 0.05) is 12.1 Å². The minimum Gasteiger partial charge on any atom is -0.384 e. The summed E-state index contributed by atoms with van der Waals surface area (Å²) < 4.78 is 0. The number of halogens is 2. The molecule has 1 saturated heterocycles. The van der Waals surface area contributed by atoms with Gasteiger partial charge in [0.1, 0.15) is 5.84 Å². The van der Waals surface area contributed by atoms with E-state index >= 15 is 0 Å². The maximum atomic E-state index is 7.42. The fourth-order valence-corrected chi connectivity index (χ4v) is 2.21. The Labute approximate surface area is 121 Å². The monoisotopic (exact) mass is 289 g/mol. The smallest absolute Gasteiger partial charge is 0.122 e. The zero-order valence-electron chi connectivity index (χ0n) is 10.4. The Hall–Kier alpha value is -0.770. The van der Waals surface area contributed by atoms with Gasteiger partial charge in [-0.15, -0.1) is 24.8 Å².